The number of ether oxygens (including phenoxy) is 2. The summed E-state index contributed by atoms with van der Waals surface area (Å²) in [4.78, 5) is 2.34. The highest BCUT2D eigenvalue weighted by Gasteiger charge is 2.21. The summed E-state index contributed by atoms with van der Waals surface area (Å²) in [5.74, 6) is 1.34. The molecular formula is C15H20N2O2. The fourth-order valence-electron chi connectivity index (χ4n) is 2.54. The Bertz CT molecular complexity index is 462. The van der Waals surface area contributed by atoms with Gasteiger partial charge in [0.2, 0.25) is 0 Å². The number of hydrogen-bond donors (Lipinski definition) is 0. The minimum absolute atomic E-state index is 0.178. The molecule has 4 heteroatoms. The number of nitrogens with zero attached hydrogens (tertiary/aromatic N) is 2. The molecule has 0 aromatic heterocycles. The standard InChI is InChI=1S/C15H20N2O2/c1-18-13-5-6-15(19-2)14(9-13)12(10-16)11-17-7-3-4-8-17/h5-6,9,12H,3-4,7-8,11H2,1-2H3. The van der Waals surface area contributed by atoms with E-state index in [1.54, 1.807) is 14.2 Å². The van der Waals surface area contributed by atoms with E-state index < -0.39 is 0 Å². The second kappa shape index (κ2) is 6.44. The van der Waals surface area contributed by atoms with Crippen molar-refractivity contribution in [1.29, 1.82) is 5.26 Å². The summed E-state index contributed by atoms with van der Waals surface area (Å²) in [6.45, 7) is 2.94. The van der Waals surface area contributed by atoms with E-state index in [1.807, 2.05) is 18.2 Å². The van der Waals surface area contributed by atoms with Crippen LogP contribution in [-0.4, -0.2) is 38.8 Å². The molecule has 1 aromatic rings. The van der Waals surface area contributed by atoms with Gasteiger partial charge >= 0.3 is 0 Å². The van der Waals surface area contributed by atoms with Crippen LogP contribution in [-0.2, 0) is 0 Å². The lowest BCUT2D eigenvalue weighted by Crippen LogP contribution is -2.25. The van der Waals surface area contributed by atoms with Crippen molar-refractivity contribution in [3.63, 3.8) is 0 Å². The maximum absolute atomic E-state index is 9.45. The van der Waals surface area contributed by atoms with Crippen LogP contribution in [0.25, 0.3) is 0 Å². The smallest absolute Gasteiger partial charge is 0.123 e. The molecule has 0 bridgehead atoms. The van der Waals surface area contributed by atoms with Crippen LogP contribution in [0.2, 0.25) is 0 Å². The molecule has 1 aliphatic rings. The molecule has 1 heterocycles. The van der Waals surface area contributed by atoms with Crippen LogP contribution >= 0.6 is 0 Å². The zero-order valence-electron chi connectivity index (χ0n) is 11.6. The Morgan fingerprint density at radius 2 is 2.00 bits per heavy atom. The van der Waals surface area contributed by atoms with Crippen LogP contribution in [0.3, 0.4) is 0 Å². The summed E-state index contributed by atoms with van der Waals surface area (Å²) in [6, 6.07) is 8.02. The summed E-state index contributed by atoms with van der Waals surface area (Å²) in [5, 5.41) is 9.45. The Labute approximate surface area is 114 Å². The Morgan fingerprint density at radius 3 is 2.58 bits per heavy atom. The van der Waals surface area contributed by atoms with Gasteiger partial charge in [-0.3, -0.25) is 0 Å². The van der Waals surface area contributed by atoms with Gasteiger partial charge in [0.1, 0.15) is 11.5 Å². The number of methoxy groups -OCH3 is 2. The highest BCUT2D eigenvalue weighted by molar-refractivity contribution is 5.44. The summed E-state index contributed by atoms with van der Waals surface area (Å²) in [6.07, 6.45) is 2.46. The van der Waals surface area contributed by atoms with E-state index in [1.165, 1.54) is 12.8 Å². The first-order valence-electron chi connectivity index (χ1n) is 6.62. The molecule has 0 radical (unpaired) electrons. The Morgan fingerprint density at radius 1 is 1.26 bits per heavy atom. The molecule has 19 heavy (non-hydrogen) atoms. The van der Waals surface area contributed by atoms with Crippen LogP contribution in [0.5, 0.6) is 11.5 Å². The third-order valence-electron chi connectivity index (χ3n) is 3.61. The second-order valence-corrected chi connectivity index (χ2v) is 4.80. The van der Waals surface area contributed by atoms with Crippen molar-refractivity contribution in [3.8, 4) is 17.6 Å². The van der Waals surface area contributed by atoms with E-state index >= 15 is 0 Å². The van der Waals surface area contributed by atoms with Gasteiger partial charge < -0.3 is 14.4 Å². The number of rotatable bonds is 5. The topological polar surface area (TPSA) is 45.5 Å². The number of hydrogen-bond acceptors (Lipinski definition) is 4. The van der Waals surface area contributed by atoms with E-state index in [4.69, 9.17) is 9.47 Å². The monoisotopic (exact) mass is 260 g/mol. The molecule has 4 nitrogen and oxygen atoms in total. The van der Waals surface area contributed by atoms with Gasteiger partial charge in [-0.25, -0.2) is 0 Å². The van der Waals surface area contributed by atoms with Crippen molar-refractivity contribution in [1.82, 2.24) is 4.90 Å². The van der Waals surface area contributed by atoms with E-state index in [9.17, 15) is 5.26 Å². The molecule has 1 atom stereocenters. The third kappa shape index (κ3) is 3.18. The van der Waals surface area contributed by atoms with Crippen molar-refractivity contribution in [2.75, 3.05) is 33.9 Å². The lowest BCUT2D eigenvalue weighted by Gasteiger charge is -2.20. The fraction of sp³-hybridized carbons (Fsp3) is 0.533. The zero-order valence-corrected chi connectivity index (χ0v) is 11.6. The molecule has 1 aromatic carbocycles. The van der Waals surface area contributed by atoms with Crippen molar-refractivity contribution >= 4 is 0 Å². The maximum Gasteiger partial charge on any atom is 0.123 e. The van der Waals surface area contributed by atoms with Crippen LogP contribution in [0, 0.1) is 11.3 Å². The van der Waals surface area contributed by atoms with Crippen LogP contribution < -0.4 is 9.47 Å². The number of nitriles is 1. The molecule has 0 aliphatic carbocycles. The van der Waals surface area contributed by atoms with Crippen LogP contribution in [0.4, 0.5) is 0 Å². The van der Waals surface area contributed by atoms with Crippen LogP contribution in [0.15, 0.2) is 18.2 Å². The first kappa shape index (κ1) is 13.7. The zero-order chi connectivity index (χ0) is 13.7. The summed E-state index contributed by atoms with van der Waals surface area (Å²) in [5.41, 5.74) is 0.913. The lowest BCUT2D eigenvalue weighted by atomic mass is 9.98. The molecule has 1 aliphatic heterocycles. The first-order valence-corrected chi connectivity index (χ1v) is 6.62. The van der Waals surface area contributed by atoms with Gasteiger partial charge in [0.25, 0.3) is 0 Å². The average molecular weight is 260 g/mol. The van der Waals surface area contributed by atoms with E-state index in [-0.39, 0.29) is 5.92 Å². The predicted octanol–water partition coefficient (Wildman–Crippen LogP) is 2.41. The highest BCUT2D eigenvalue weighted by atomic mass is 16.5. The quantitative estimate of drug-likeness (QED) is 0.815. The molecule has 102 valence electrons. The third-order valence-corrected chi connectivity index (χ3v) is 3.61. The molecule has 0 amide bonds. The predicted molar refractivity (Wildman–Crippen MR) is 73.6 cm³/mol. The Hall–Kier alpha value is -1.73. The minimum Gasteiger partial charge on any atom is -0.497 e. The average Bonchev–Trinajstić information content (AvgIpc) is 2.97. The minimum atomic E-state index is -0.178. The lowest BCUT2D eigenvalue weighted by molar-refractivity contribution is 0.326. The largest absolute Gasteiger partial charge is 0.497 e. The normalized spacial score (nSPS) is 16.9. The molecule has 1 saturated heterocycles. The molecule has 0 N–H and O–H groups in total. The number of likely N-dealkylation sites (tertiary alicyclic amines) is 1. The summed E-state index contributed by atoms with van der Waals surface area (Å²) >= 11 is 0. The van der Waals surface area contributed by atoms with Gasteiger partial charge in [-0.15, -0.1) is 0 Å². The van der Waals surface area contributed by atoms with Gasteiger partial charge in [-0.1, -0.05) is 0 Å². The van der Waals surface area contributed by atoms with Crippen molar-refractivity contribution in [2.24, 2.45) is 0 Å². The molecule has 2 rings (SSSR count). The van der Waals surface area contributed by atoms with E-state index in [0.717, 1.165) is 36.7 Å². The fourth-order valence-corrected chi connectivity index (χ4v) is 2.54. The van der Waals surface area contributed by atoms with Gasteiger partial charge in [-0.2, -0.15) is 5.26 Å². The van der Waals surface area contributed by atoms with Gasteiger partial charge in [0.05, 0.1) is 26.2 Å². The summed E-state index contributed by atoms with van der Waals surface area (Å²) < 4.78 is 10.6. The van der Waals surface area contributed by atoms with Crippen molar-refractivity contribution in [3.05, 3.63) is 23.8 Å². The molecule has 1 fully saturated rings. The van der Waals surface area contributed by atoms with E-state index in [2.05, 4.69) is 11.0 Å². The van der Waals surface area contributed by atoms with Crippen LogP contribution in [0.1, 0.15) is 24.3 Å². The number of benzene rings is 1. The highest BCUT2D eigenvalue weighted by Crippen LogP contribution is 2.31. The second-order valence-electron chi connectivity index (χ2n) is 4.80. The van der Waals surface area contributed by atoms with Gasteiger partial charge in [0, 0.05) is 12.1 Å². The van der Waals surface area contributed by atoms with Crippen molar-refractivity contribution in [2.45, 2.75) is 18.8 Å². The van der Waals surface area contributed by atoms with Crippen molar-refractivity contribution < 1.29 is 9.47 Å². The molecule has 0 saturated carbocycles. The first-order chi connectivity index (χ1) is 9.28. The summed E-state index contributed by atoms with van der Waals surface area (Å²) in [7, 11) is 3.27. The van der Waals surface area contributed by atoms with Gasteiger partial charge in [-0.05, 0) is 44.1 Å². The maximum atomic E-state index is 9.45. The molecule has 1 unspecified atom stereocenters. The Kier molecular flexibility index (Phi) is 4.64. The molecule has 0 spiro atoms. The van der Waals surface area contributed by atoms with Gasteiger partial charge in [0.15, 0.2) is 0 Å². The SMILES string of the molecule is COc1ccc(OC)c(C(C#N)CN2CCCC2)c1. The molecular weight excluding hydrogens is 240 g/mol. The van der Waals surface area contributed by atoms with E-state index in [0.29, 0.717) is 0 Å². The Balaban J connectivity index is 2.22.